The van der Waals surface area contributed by atoms with Crippen molar-refractivity contribution < 1.29 is 4.79 Å². The van der Waals surface area contributed by atoms with Gasteiger partial charge in [0.15, 0.2) is 0 Å². The Morgan fingerprint density at radius 3 is 2.70 bits per heavy atom. The summed E-state index contributed by atoms with van der Waals surface area (Å²) >= 11 is 4.87. The first-order valence-electron chi connectivity index (χ1n) is 2.90. The molecule has 0 radical (unpaired) electrons. The van der Waals surface area contributed by atoms with Gasteiger partial charge < -0.3 is 0 Å². The van der Waals surface area contributed by atoms with Gasteiger partial charge in [-0.3, -0.25) is 9.36 Å². The minimum Gasteiger partial charge on any atom is -0.278 e. The second kappa shape index (κ2) is 2.75. The highest BCUT2D eigenvalue weighted by Crippen LogP contribution is 1.91. The third kappa shape index (κ3) is 1.30. The molecule has 0 unspecified atom stereocenters. The molecule has 0 aromatic carbocycles. The van der Waals surface area contributed by atoms with E-state index < -0.39 is 0 Å². The summed E-state index contributed by atoms with van der Waals surface area (Å²) in [7, 11) is 0. The lowest BCUT2D eigenvalue weighted by Crippen LogP contribution is -2.05. The number of aromatic nitrogens is 1. The van der Waals surface area contributed by atoms with Crippen LogP contribution in [0.3, 0.4) is 0 Å². The van der Waals surface area contributed by atoms with Crippen molar-refractivity contribution >= 4 is 18.1 Å². The third-order valence-corrected chi connectivity index (χ3v) is 1.49. The van der Waals surface area contributed by atoms with Crippen LogP contribution in [0.4, 0.5) is 0 Å². The van der Waals surface area contributed by atoms with Crippen LogP contribution in [0.25, 0.3) is 0 Å². The van der Waals surface area contributed by atoms with Crippen LogP contribution in [0.1, 0.15) is 11.7 Å². The van der Waals surface area contributed by atoms with Gasteiger partial charge in [0.1, 0.15) is 4.64 Å². The third-order valence-electron chi connectivity index (χ3n) is 1.16. The van der Waals surface area contributed by atoms with Crippen LogP contribution in [-0.4, -0.2) is 10.5 Å². The summed E-state index contributed by atoms with van der Waals surface area (Å²) in [6, 6.07) is 5.30. The maximum absolute atomic E-state index is 10.8. The van der Waals surface area contributed by atoms with Crippen LogP contribution in [0, 0.1) is 4.64 Å². The quantitative estimate of drug-likeness (QED) is 0.531. The molecule has 0 fully saturated rings. The molecule has 0 N–H and O–H groups in total. The van der Waals surface area contributed by atoms with Gasteiger partial charge in [-0.1, -0.05) is 18.3 Å². The maximum atomic E-state index is 10.8. The zero-order chi connectivity index (χ0) is 7.56. The summed E-state index contributed by atoms with van der Waals surface area (Å²) in [5.41, 5.74) is 0. The summed E-state index contributed by atoms with van der Waals surface area (Å²) in [5.74, 6) is -0.0504. The molecule has 1 rings (SSSR count). The lowest BCUT2D eigenvalue weighted by atomic mass is 10.5. The summed E-state index contributed by atoms with van der Waals surface area (Å²) in [6.07, 6.45) is 1.66. The first-order chi connectivity index (χ1) is 4.72. The topological polar surface area (TPSA) is 22.0 Å². The Balaban J connectivity index is 3.29. The second-order valence-electron chi connectivity index (χ2n) is 1.93. The van der Waals surface area contributed by atoms with E-state index in [4.69, 9.17) is 12.2 Å². The molecule has 0 aliphatic heterocycles. The molecule has 3 heteroatoms. The summed E-state index contributed by atoms with van der Waals surface area (Å²) < 4.78 is 1.98. The van der Waals surface area contributed by atoms with E-state index in [0.717, 1.165) is 0 Å². The van der Waals surface area contributed by atoms with Crippen molar-refractivity contribution in [2.45, 2.75) is 6.92 Å². The highest BCUT2D eigenvalue weighted by molar-refractivity contribution is 7.71. The fourth-order valence-electron chi connectivity index (χ4n) is 0.688. The van der Waals surface area contributed by atoms with Crippen LogP contribution >= 0.6 is 12.2 Å². The molecule has 0 bridgehead atoms. The summed E-state index contributed by atoms with van der Waals surface area (Å²) in [4.78, 5) is 10.8. The number of nitrogens with zero attached hydrogens (tertiary/aromatic N) is 1. The van der Waals surface area contributed by atoms with Gasteiger partial charge in [-0.25, -0.2) is 0 Å². The van der Waals surface area contributed by atoms with E-state index in [1.165, 1.54) is 11.5 Å². The fraction of sp³-hybridized carbons (Fsp3) is 0.143. The van der Waals surface area contributed by atoms with Crippen molar-refractivity contribution in [2.75, 3.05) is 0 Å². The van der Waals surface area contributed by atoms with Gasteiger partial charge in [-0.15, -0.1) is 0 Å². The maximum Gasteiger partial charge on any atom is 0.228 e. The van der Waals surface area contributed by atoms with Crippen LogP contribution < -0.4 is 0 Å². The minimum atomic E-state index is -0.0504. The van der Waals surface area contributed by atoms with Crippen molar-refractivity contribution in [3.63, 3.8) is 0 Å². The minimum absolute atomic E-state index is 0.0504. The lowest BCUT2D eigenvalue weighted by molar-refractivity contribution is 0.0934. The smallest absolute Gasteiger partial charge is 0.228 e. The van der Waals surface area contributed by atoms with E-state index in [1.54, 1.807) is 18.3 Å². The monoisotopic (exact) mass is 153 g/mol. The molecule has 1 aromatic rings. The Bertz CT molecular complexity index is 302. The van der Waals surface area contributed by atoms with E-state index in [9.17, 15) is 4.79 Å². The van der Waals surface area contributed by atoms with Gasteiger partial charge in [-0.05, 0) is 12.1 Å². The van der Waals surface area contributed by atoms with E-state index in [1.807, 2.05) is 6.07 Å². The van der Waals surface area contributed by atoms with Gasteiger partial charge >= 0.3 is 0 Å². The predicted octanol–water partition coefficient (Wildman–Crippen LogP) is 1.88. The van der Waals surface area contributed by atoms with Crippen LogP contribution in [0.2, 0.25) is 0 Å². The molecule has 1 aromatic heterocycles. The molecule has 2 nitrogen and oxygen atoms in total. The SMILES string of the molecule is CC(=O)n1ccccc1=S. The highest BCUT2D eigenvalue weighted by Gasteiger charge is 1.92. The standard InChI is InChI=1S/C7H7NOS/c1-6(9)8-5-3-2-4-7(8)10/h2-5H,1H3. The molecule has 52 valence electrons. The molecular weight excluding hydrogens is 146 g/mol. The first-order valence-corrected chi connectivity index (χ1v) is 3.31. The van der Waals surface area contributed by atoms with Gasteiger partial charge in [0.2, 0.25) is 5.91 Å². The Hall–Kier alpha value is -0.960. The number of hydrogen-bond acceptors (Lipinski definition) is 2. The summed E-state index contributed by atoms with van der Waals surface area (Å²) in [5, 5.41) is 0. The molecule has 0 amide bonds. The van der Waals surface area contributed by atoms with Gasteiger partial charge in [-0.2, -0.15) is 0 Å². The van der Waals surface area contributed by atoms with E-state index in [-0.39, 0.29) is 5.91 Å². The van der Waals surface area contributed by atoms with Crippen molar-refractivity contribution in [1.82, 2.24) is 4.57 Å². The fourth-order valence-corrected chi connectivity index (χ4v) is 0.956. The van der Waals surface area contributed by atoms with Crippen molar-refractivity contribution in [3.05, 3.63) is 29.0 Å². The largest absolute Gasteiger partial charge is 0.278 e. The zero-order valence-corrected chi connectivity index (χ0v) is 6.39. The zero-order valence-electron chi connectivity index (χ0n) is 5.57. The molecule has 0 spiro atoms. The van der Waals surface area contributed by atoms with Crippen molar-refractivity contribution in [1.29, 1.82) is 0 Å². The second-order valence-corrected chi connectivity index (χ2v) is 2.35. The Labute approximate surface area is 64.1 Å². The molecule has 0 saturated carbocycles. The first kappa shape index (κ1) is 7.15. The number of carbonyl (C=O) groups excluding carboxylic acids is 1. The molecule has 0 atom stereocenters. The average molecular weight is 153 g/mol. The molecule has 1 heterocycles. The van der Waals surface area contributed by atoms with Crippen molar-refractivity contribution in [3.8, 4) is 0 Å². The number of pyridine rings is 1. The molecule has 0 saturated heterocycles. The van der Waals surface area contributed by atoms with Gasteiger partial charge in [0.25, 0.3) is 0 Å². The van der Waals surface area contributed by atoms with Gasteiger partial charge in [0.05, 0.1) is 0 Å². The number of carbonyl (C=O) groups is 1. The lowest BCUT2D eigenvalue weighted by Gasteiger charge is -1.97. The highest BCUT2D eigenvalue weighted by atomic mass is 32.1. The van der Waals surface area contributed by atoms with Crippen LogP contribution in [0.15, 0.2) is 24.4 Å². The van der Waals surface area contributed by atoms with E-state index >= 15 is 0 Å². The number of hydrogen-bond donors (Lipinski definition) is 0. The summed E-state index contributed by atoms with van der Waals surface area (Å²) in [6.45, 7) is 1.48. The molecule has 10 heavy (non-hydrogen) atoms. The normalized spacial score (nSPS) is 9.30. The number of rotatable bonds is 0. The molecule has 0 aliphatic carbocycles. The Morgan fingerprint density at radius 2 is 2.30 bits per heavy atom. The predicted molar refractivity (Wildman–Crippen MR) is 41.6 cm³/mol. The van der Waals surface area contributed by atoms with Crippen LogP contribution in [0.5, 0.6) is 0 Å². The Morgan fingerprint density at radius 1 is 1.60 bits per heavy atom. The van der Waals surface area contributed by atoms with Gasteiger partial charge in [0, 0.05) is 13.1 Å². The molecule has 0 aliphatic rings. The van der Waals surface area contributed by atoms with Crippen LogP contribution in [-0.2, 0) is 0 Å². The van der Waals surface area contributed by atoms with E-state index in [0.29, 0.717) is 4.64 Å². The van der Waals surface area contributed by atoms with E-state index in [2.05, 4.69) is 0 Å². The Kier molecular flexibility index (Phi) is 1.97. The van der Waals surface area contributed by atoms with Crippen molar-refractivity contribution in [2.24, 2.45) is 0 Å². The molecular formula is C7H7NOS. The average Bonchev–Trinajstić information content (AvgIpc) is 1.88.